The summed E-state index contributed by atoms with van der Waals surface area (Å²) >= 11 is 0. The van der Waals surface area contributed by atoms with Gasteiger partial charge in [-0.1, -0.05) is 13.3 Å². The molecule has 1 aromatic heterocycles. The molecule has 1 heterocycles. The number of carbonyl (C=O) groups is 1. The molecule has 0 unspecified atom stereocenters. The monoisotopic (exact) mass is 237 g/mol. The summed E-state index contributed by atoms with van der Waals surface area (Å²) in [5.41, 5.74) is 0.455. The second-order valence-corrected chi connectivity index (χ2v) is 3.75. The van der Waals surface area contributed by atoms with Crippen molar-refractivity contribution < 1.29 is 14.3 Å². The highest BCUT2D eigenvalue weighted by atomic mass is 16.5. The van der Waals surface area contributed by atoms with E-state index in [1.54, 1.807) is 18.3 Å². The predicted octanol–water partition coefficient (Wildman–Crippen LogP) is 2.48. The molecule has 94 valence electrons. The van der Waals surface area contributed by atoms with Crippen molar-refractivity contribution in [3.63, 3.8) is 0 Å². The van der Waals surface area contributed by atoms with Gasteiger partial charge < -0.3 is 9.47 Å². The fourth-order valence-corrected chi connectivity index (χ4v) is 1.24. The van der Waals surface area contributed by atoms with Crippen LogP contribution in [0.1, 0.15) is 37.2 Å². The van der Waals surface area contributed by atoms with Crippen molar-refractivity contribution >= 4 is 5.78 Å². The molecule has 0 aliphatic rings. The standard InChI is InChI=1S/C13H19NO3/c1-3-4-7-16-8-9-17-12-5-6-13(11(2)15)14-10-12/h5-6,10H,3-4,7-9H2,1-2H3. The molecule has 1 aromatic rings. The maximum Gasteiger partial charge on any atom is 0.178 e. The average molecular weight is 237 g/mol. The van der Waals surface area contributed by atoms with Crippen LogP contribution in [-0.2, 0) is 4.74 Å². The van der Waals surface area contributed by atoms with Crippen molar-refractivity contribution in [1.29, 1.82) is 0 Å². The molecule has 0 aromatic carbocycles. The van der Waals surface area contributed by atoms with E-state index in [1.165, 1.54) is 6.92 Å². The summed E-state index contributed by atoms with van der Waals surface area (Å²) < 4.78 is 10.8. The SMILES string of the molecule is CCCCOCCOc1ccc(C(C)=O)nc1. The smallest absolute Gasteiger partial charge is 0.178 e. The number of carbonyl (C=O) groups excluding carboxylic acids is 1. The van der Waals surface area contributed by atoms with Gasteiger partial charge in [-0.2, -0.15) is 0 Å². The van der Waals surface area contributed by atoms with E-state index in [0.717, 1.165) is 19.4 Å². The van der Waals surface area contributed by atoms with Crippen molar-refractivity contribution in [1.82, 2.24) is 4.98 Å². The third-order valence-corrected chi connectivity index (χ3v) is 2.24. The minimum Gasteiger partial charge on any atom is -0.490 e. The lowest BCUT2D eigenvalue weighted by atomic mass is 10.3. The highest BCUT2D eigenvalue weighted by molar-refractivity contribution is 5.92. The van der Waals surface area contributed by atoms with E-state index in [1.807, 2.05) is 0 Å². The van der Waals surface area contributed by atoms with Crippen LogP contribution in [0.15, 0.2) is 18.3 Å². The van der Waals surface area contributed by atoms with Crippen molar-refractivity contribution in [3.05, 3.63) is 24.0 Å². The summed E-state index contributed by atoms with van der Waals surface area (Å²) in [7, 11) is 0. The minimum absolute atomic E-state index is 0.0422. The Balaban J connectivity index is 2.21. The number of hydrogen-bond donors (Lipinski definition) is 0. The van der Waals surface area contributed by atoms with E-state index in [0.29, 0.717) is 24.7 Å². The van der Waals surface area contributed by atoms with Gasteiger partial charge in [0.1, 0.15) is 18.1 Å². The van der Waals surface area contributed by atoms with Crippen LogP contribution >= 0.6 is 0 Å². The van der Waals surface area contributed by atoms with E-state index in [-0.39, 0.29) is 5.78 Å². The van der Waals surface area contributed by atoms with Crippen LogP contribution in [0.2, 0.25) is 0 Å². The largest absolute Gasteiger partial charge is 0.490 e. The van der Waals surface area contributed by atoms with Gasteiger partial charge in [0.05, 0.1) is 12.8 Å². The van der Waals surface area contributed by atoms with Gasteiger partial charge in [-0.3, -0.25) is 4.79 Å². The summed E-state index contributed by atoms with van der Waals surface area (Å²) in [4.78, 5) is 15.0. The minimum atomic E-state index is -0.0422. The van der Waals surface area contributed by atoms with Crippen LogP contribution in [0.5, 0.6) is 5.75 Å². The second-order valence-electron chi connectivity index (χ2n) is 3.75. The van der Waals surface area contributed by atoms with E-state index >= 15 is 0 Å². The lowest BCUT2D eigenvalue weighted by Crippen LogP contribution is -2.07. The highest BCUT2D eigenvalue weighted by Gasteiger charge is 2.00. The third kappa shape index (κ3) is 5.45. The average Bonchev–Trinajstić information content (AvgIpc) is 2.34. The van der Waals surface area contributed by atoms with Gasteiger partial charge in [-0.05, 0) is 18.6 Å². The molecule has 0 N–H and O–H groups in total. The second kappa shape index (κ2) is 7.79. The maximum atomic E-state index is 11.0. The molecule has 0 amide bonds. The molecule has 0 saturated heterocycles. The predicted molar refractivity (Wildman–Crippen MR) is 65.5 cm³/mol. The van der Waals surface area contributed by atoms with Crippen LogP contribution < -0.4 is 4.74 Å². The zero-order chi connectivity index (χ0) is 12.5. The number of aromatic nitrogens is 1. The Kier molecular flexibility index (Phi) is 6.25. The number of Topliss-reactive ketones (excluding diaryl/α,β-unsaturated/α-hetero) is 1. The fourth-order valence-electron chi connectivity index (χ4n) is 1.24. The molecule has 0 aliphatic carbocycles. The zero-order valence-corrected chi connectivity index (χ0v) is 10.4. The first-order valence-corrected chi connectivity index (χ1v) is 5.91. The molecule has 0 spiro atoms. The molecular formula is C13H19NO3. The van der Waals surface area contributed by atoms with Gasteiger partial charge >= 0.3 is 0 Å². The van der Waals surface area contributed by atoms with Crippen molar-refractivity contribution in [2.45, 2.75) is 26.7 Å². The van der Waals surface area contributed by atoms with Crippen LogP contribution in [0, 0.1) is 0 Å². The third-order valence-electron chi connectivity index (χ3n) is 2.24. The number of ketones is 1. The molecule has 1 rings (SSSR count). The topological polar surface area (TPSA) is 48.4 Å². The molecular weight excluding hydrogens is 218 g/mol. The Bertz CT molecular complexity index is 335. The molecule has 0 bridgehead atoms. The van der Waals surface area contributed by atoms with Gasteiger partial charge in [-0.15, -0.1) is 0 Å². The van der Waals surface area contributed by atoms with Gasteiger partial charge in [-0.25, -0.2) is 4.98 Å². The first-order valence-electron chi connectivity index (χ1n) is 5.91. The summed E-state index contributed by atoms with van der Waals surface area (Å²) in [6.07, 6.45) is 3.77. The molecule has 0 aliphatic heterocycles. The number of rotatable bonds is 8. The number of unbranched alkanes of at least 4 members (excludes halogenated alkanes) is 1. The summed E-state index contributed by atoms with van der Waals surface area (Å²) in [5, 5.41) is 0. The molecule has 4 heteroatoms. The Morgan fingerprint density at radius 1 is 1.29 bits per heavy atom. The van der Waals surface area contributed by atoms with Gasteiger partial charge in [0.25, 0.3) is 0 Å². The van der Waals surface area contributed by atoms with Gasteiger partial charge in [0, 0.05) is 13.5 Å². The lowest BCUT2D eigenvalue weighted by Gasteiger charge is -2.06. The van der Waals surface area contributed by atoms with Crippen LogP contribution in [0.25, 0.3) is 0 Å². The first-order chi connectivity index (χ1) is 8.24. The van der Waals surface area contributed by atoms with Gasteiger partial charge in [0.2, 0.25) is 0 Å². The number of hydrogen-bond acceptors (Lipinski definition) is 4. The zero-order valence-electron chi connectivity index (χ0n) is 10.4. The molecule has 0 radical (unpaired) electrons. The van der Waals surface area contributed by atoms with Crippen molar-refractivity contribution in [3.8, 4) is 5.75 Å². The maximum absolute atomic E-state index is 11.0. The Morgan fingerprint density at radius 3 is 2.71 bits per heavy atom. The van der Waals surface area contributed by atoms with E-state index < -0.39 is 0 Å². The Morgan fingerprint density at radius 2 is 2.12 bits per heavy atom. The van der Waals surface area contributed by atoms with Crippen molar-refractivity contribution in [2.75, 3.05) is 19.8 Å². The summed E-state index contributed by atoms with van der Waals surface area (Å²) in [5.74, 6) is 0.619. The van der Waals surface area contributed by atoms with Gasteiger partial charge in [0.15, 0.2) is 5.78 Å². The normalized spacial score (nSPS) is 10.2. The molecule has 0 saturated carbocycles. The Hall–Kier alpha value is -1.42. The molecule has 0 fully saturated rings. The lowest BCUT2D eigenvalue weighted by molar-refractivity contribution is 0.0976. The molecule has 4 nitrogen and oxygen atoms in total. The summed E-state index contributed by atoms with van der Waals surface area (Å²) in [6, 6.07) is 3.41. The number of nitrogens with zero attached hydrogens (tertiary/aromatic N) is 1. The van der Waals surface area contributed by atoms with Crippen LogP contribution in [0.3, 0.4) is 0 Å². The number of ether oxygens (including phenoxy) is 2. The summed E-state index contributed by atoms with van der Waals surface area (Å²) in [6.45, 7) is 5.48. The molecule has 0 atom stereocenters. The highest BCUT2D eigenvalue weighted by Crippen LogP contribution is 2.09. The fraction of sp³-hybridized carbons (Fsp3) is 0.538. The van der Waals surface area contributed by atoms with E-state index in [9.17, 15) is 4.79 Å². The first kappa shape index (κ1) is 13.6. The van der Waals surface area contributed by atoms with E-state index in [2.05, 4.69) is 11.9 Å². The van der Waals surface area contributed by atoms with Crippen molar-refractivity contribution in [2.24, 2.45) is 0 Å². The quantitative estimate of drug-likeness (QED) is 0.515. The van der Waals surface area contributed by atoms with Crippen LogP contribution in [0.4, 0.5) is 0 Å². The van der Waals surface area contributed by atoms with Crippen LogP contribution in [-0.4, -0.2) is 30.6 Å². The molecule has 17 heavy (non-hydrogen) atoms. The number of pyridine rings is 1. The van der Waals surface area contributed by atoms with E-state index in [4.69, 9.17) is 9.47 Å². The Labute approximate surface area is 102 Å².